The van der Waals surface area contributed by atoms with Crippen molar-refractivity contribution < 1.29 is 9.53 Å². The molecule has 2 rings (SSSR count). The van der Waals surface area contributed by atoms with Crippen LogP contribution in [0.15, 0.2) is 24.3 Å². The second kappa shape index (κ2) is 5.68. The van der Waals surface area contributed by atoms with Crippen LogP contribution in [0, 0.1) is 5.92 Å². The molecule has 92 valence electrons. The highest BCUT2D eigenvalue weighted by Gasteiger charge is 2.21. The van der Waals surface area contributed by atoms with Crippen LogP contribution in [-0.2, 0) is 4.79 Å². The zero-order valence-corrected chi connectivity index (χ0v) is 10.0. The monoisotopic (exact) mass is 234 g/mol. The van der Waals surface area contributed by atoms with Crippen molar-refractivity contribution in [3.05, 3.63) is 24.3 Å². The van der Waals surface area contributed by atoms with Crippen LogP contribution in [0.4, 0.5) is 5.69 Å². The van der Waals surface area contributed by atoms with E-state index in [2.05, 4.69) is 10.6 Å². The Morgan fingerprint density at radius 1 is 1.47 bits per heavy atom. The molecule has 0 saturated carbocycles. The van der Waals surface area contributed by atoms with Gasteiger partial charge in [0.2, 0.25) is 5.91 Å². The average molecular weight is 234 g/mol. The molecule has 1 aliphatic rings. The Morgan fingerprint density at radius 3 is 3.00 bits per heavy atom. The van der Waals surface area contributed by atoms with Gasteiger partial charge in [-0.15, -0.1) is 0 Å². The first-order valence-electron chi connectivity index (χ1n) is 5.96. The van der Waals surface area contributed by atoms with Crippen LogP contribution in [-0.4, -0.2) is 26.1 Å². The van der Waals surface area contributed by atoms with E-state index in [-0.39, 0.29) is 11.8 Å². The number of carbonyl (C=O) groups excluding carboxylic acids is 1. The molecule has 1 atom stereocenters. The number of anilines is 1. The third kappa shape index (κ3) is 2.97. The summed E-state index contributed by atoms with van der Waals surface area (Å²) in [5.74, 6) is 0.833. The smallest absolute Gasteiger partial charge is 0.228 e. The van der Waals surface area contributed by atoms with Crippen molar-refractivity contribution >= 4 is 11.6 Å². The second-order valence-electron chi connectivity index (χ2n) is 4.23. The highest BCUT2D eigenvalue weighted by Crippen LogP contribution is 2.24. The van der Waals surface area contributed by atoms with Crippen molar-refractivity contribution in [1.82, 2.24) is 5.32 Å². The quantitative estimate of drug-likeness (QED) is 0.835. The van der Waals surface area contributed by atoms with Crippen LogP contribution in [0.1, 0.15) is 12.8 Å². The van der Waals surface area contributed by atoms with Gasteiger partial charge in [0.05, 0.1) is 18.7 Å². The lowest BCUT2D eigenvalue weighted by molar-refractivity contribution is -0.120. The van der Waals surface area contributed by atoms with Gasteiger partial charge in [-0.1, -0.05) is 12.1 Å². The van der Waals surface area contributed by atoms with E-state index < -0.39 is 0 Å². The number of nitrogens with one attached hydrogen (secondary N) is 2. The first-order valence-corrected chi connectivity index (χ1v) is 5.96. The molecule has 0 bridgehead atoms. The van der Waals surface area contributed by atoms with Crippen molar-refractivity contribution in [2.24, 2.45) is 5.92 Å². The summed E-state index contributed by atoms with van der Waals surface area (Å²) in [7, 11) is 1.60. The second-order valence-corrected chi connectivity index (χ2v) is 4.23. The predicted molar refractivity (Wildman–Crippen MR) is 67.2 cm³/mol. The minimum Gasteiger partial charge on any atom is -0.495 e. The topological polar surface area (TPSA) is 50.4 Å². The minimum atomic E-state index is 0.0636. The summed E-state index contributed by atoms with van der Waals surface area (Å²) < 4.78 is 5.20. The maximum Gasteiger partial charge on any atom is 0.228 e. The predicted octanol–water partition coefficient (Wildman–Crippen LogP) is 1.63. The number of piperidine rings is 1. The fourth-order valence-corrected chi connectivity index (χ4v) is 2.06. The van der Waals surface area contributed by atoms with E-state index in [0.717, 1.165) is 31.6 Å². The molecule has 1 fully saturated rings. The standard InChI is InChI=1S/C13H18N2O2/c1-17-12-7-3-2-6-11(12)15-13(16)10-5-4-8-14-9-10/h2-3,6-7,10,14H,4-5,8-9H2,1H3,(H,15,16)/t10-/m1/s1. The van der Waals surface area contributed by atoms with Gasteiger partial charge in [0, 0.05) is 6.54 Å². The number of ether oxygens (including phenoxy) is 1. The van der Waals surface area contributed by atoms with Gasteiger partial charge in [0.15, 0.2) is 0 Å². The number of hydrogen-bond donors (Lipinski definition) is 2. The molecule has 4 heteroatoms. The number of benzene rings is 1. The van der Waals surface area contributed by atoms with E-state index in [0.29, 0.717) is 5.75 Å². The molecule has 0 spiro atoms. The Bertz CT molecular complexity index is 387. The summed E-state index contributed by atoms with van der Waals surface area (Å²) in [5.41, 5.74) is 0.741. The maximum absolute atomic E-state index is 12.0. The van der Waals surface area contributed by atoms with Gasteiger partial charge in [0.25, 0.3) is 0 Å². The Labute approximate surface area is 101 Å². The number of hydrogen-bond acceptors (Lipinski definition) is 3. The molecular formula is C13H18N2O2. The number of carbonyl (C=O) groups is 1. The van der Waals surface area contributed by atoms with Crippen molar-refractivity contribution in [1.29, 1.82) is 0 Å². The van der Waals surface area contributed by atoms with Gasteiger partial charge < -0.3 is 15.4 Å². The number of rotatable bonds is 3. The molecule has 4 nitrogen and oxygen atoms in total. The number of para-hydroxylation sites is 2. The van der Waals surface area contributed by atoms with Gasteiger partial charge in [-0.2, -0.15) is 0 Å². The van der Waals surface area contributed by atoms with Gasteiger partial charge in [-0.25, -0.2) is 0 Å². The Morgan fingerprint density at radius 2 is 2.29 bits per heavy atom. The lowest BCUT2D eigenvalue weighted by Crippen LogP contribution is -2.37. The van der Waals surface area contributed by atoms with E-state index >= 15 is 0 Å². The summed E-state index contributed by atoms with van der Waals surface area (Å²) in [6.45, 7) is 1.78. The normalized spacial score (nSPS) is 19.7. The molecule has 1 heterocycles. The van der Waals surface area contributed by atoms with E-state index in [1.807, 2.05) is 24.3 Å². The Hall–Kier alpha value is -1.55. The Balaban J connectivity index is 2.01. The molecule has 17 heavy (non-hydrogen) atoms. The molecule has 1 amide bonds. The van der Waals surface area contributed by atoms with E-state index in [1.165, 1.54) is 0 Å². The number of methoxy groups -OCH3 is 1. The molecule has 1 aromatic rings. The van der Waals surface area contributed by atoms with Crippen LogP contribution < -0.4 is 15.4 Å². The van der Waals surface area contributed by atoms with Gasteiger partial charge in [-0.3, -0.25) is 4.79 Å². The summed E-state index contributed by atoms with van der Waals surface area (Å²) in [6.07, 6.45) is 2.01. The van der Waals surface area contributed by atoms with Crippen LogP contribution >= 0.6 is 0 Å². The van der Waals surface area contributed by atoms with Crippen molar-refractivity contribution in [2.45, 2.75) is 12.8 Å². The molecule has 1 aromatic carbocycles. The van der Waals surface area contributed by atoms with Crippen LogP contribution in [0.25, 0.3) is 0 Å². The Kier molecular flexibility index (Phi) is 3.98. The van der Waals surface area contributed by atoms with E-state index in [9.17, 15) is 4.79 Å². The van der Waals surface area contributed by atoms with Crippen LogP contribution in [0.3, 0.4) is 0 Å². The molecule has 1 saturated heterocycles. The van der Waals surface area contributed by atoms with E-state index in [1.54, 1.807) is 7.11 Å². The van der Waals surface area contributed by atoms with Crippen LogP contribution in [0.2, 0.25) is 0 Å². The first kappa shape index (κ1) is 11.9. The molecule has 1 aliphatic heterocycles. The maximum atomic E-state index is 12.0. The zero-order chi connectivity index (χ0) is 12.1. The highest BCUT2D eigenvalue weighted by molar-refractivity contribution is 5.94. The third-order valence-corrected chi connectivity index (χ3v) is 3.03. The number of amides is 1. The van der Waals surface area contributed by atoms with Gasteiger partial charge in [-0.05, 0) is 31.5 Å². The van der Waals surface area contributed by atoms with Gasteiger partial charge >= 0.3 is 0 Å². The fraction of sp³-hybridized carbons (Fsp3) is 0.462. The summed E-state index contributed by atoms with van der Waals surface area (Å²) in [5, 5.41) is 6.17. The molecule has 0 aliphatic carbocycles. The largest absolute Gasteiger partial charge is 0.495 e. The summed E-state index contributed by atoms with van der Waals surface area (Å²) in [4.78, 5) is 12.0. The molecular weight excluding hydrogens is 216 g/mol. The highest BCUT2D eigenvalue weighted by atomic mass is 16.5. The lowest BCUT2D eigenvalue weighted by atomic mass is 9.99. The third-order valence-electron chi connectivity index (χ3n) is 3.03. The molecule has 0 radical (unpaired) electrons. The lowest BCUT2D eigenvalue weighted by Gasteiger charge is -2.22. The van der Waals surface area contributed by atoms with Crippen molar-refractivity contribution in [2.75, 3.05) is 25.5 Å². The summed E-state index contributed by atoms with van der Waals surface area (Å²) >= 11 is 0. The van der Waals surface area contributed by atoms with Crippen molar-refractivity contribution in [3.8, 4) is 5.75 Å². The summed E-state index contributed by atoms with van der Waals surface area (Å²) in [6, 6.07) is 7.47. The average Bonchev–Trinajstić information content (AvgIpc) is 2.40. The van der Waals surface area contributed by atoms with Crippen LogP contribution in [0.5, 0.6) is 5.75 Å². The molecule has 0 unspecified atom stereocenters. The fourth-order valence-electron chi connectivity index (χ4n) is 2.06. The van der Waals surface area contributed by atoms with Crippen molar-refractivity contribution in [3.63, 3.8) is 0 Å². The zero-order valence-electron chi connectivity index (χ0n) is 10.0. The first-order chi connectivity index (χ1) is 8.31. The van der Waals surface area contributed by atoms with E-state index in [4.69, 9.17) is 4.74 Å². The van der Waals surface area contributed by atoms with Gasteiger partial charge in [0.1, 0.15) is 5.75 Å². The minimum absolute atomic E-state index is 0.0636. The molecule has 0 aromatic heterocycles. The SMILES string of the molecule is COc1ccccc1NC(=O)[C@@H]1CCCNC1. The molecule has 2 N–H and O–H groups in total.